The number of carbonyl (C=O) groups excluding carboxylic acids is 1. The van der Waals surface area contributed by atoms with Gasteiger partial charge in [-0.3, -0.25) is 4.79 Å². The second-order valence-electron chi connectivity index (χ2n) is 7.06. The van der Waals surface area contributed by atoms with Crippen molar-refractivity contribution >= 4 is 23.6 Å². The first kappa shape index (κ1) is 22.8. The van der Waals surface area contributed by atoms with E-state index in [1.165, 1.54) is 0 Å². The number of amides is 1. The van der Waals surface area contributed by atoms with Crippen molar-refractivity contribution in [3.05, 3.63) is 64.7 Å². The third-order valence-electron chi connectivity index (χ3n) is 4.48. The summed E-state index contributed by atoms with van der Waals surface area (Å²) in [5.74, 6) is 1.31. The van der Waals surface area contributed by atoms with Crippen LogP contribution in [0.3, 0.4) is 0 Å². The Bertz CT molecular complexity index is 819. The van der Waals surface area contributed by atoms with Crippen LogP contribution < -0.4 is 20.5 Å². The number of methoxy groups -OCH3 is 1. The number of nitrogens with two attached hydrogens (primary N) is 1. The largest absolute Gasteiger partial charge is 0.493 e. The summed E-state index contributed by atoms with van der Waals surface area (Å²) in [6.45, 7) is 4.80. The van der Waals surface area contributed by atoms with Crippen molar-refractivity contribution in [2.75, 3.05) is 20.3 Å². The molecule has 0 heterocycles. The van der Waals surface area contributed by atoms with E-state index < -0.39 is 6.04 Å². The molecule has 1 atom stereocenters. The van der Waals surface area contributed by atoms with Crippen LogP contribution in [0.4, 0.5) is 0 Å². The van der Waals surface area contributed by atoms with Crippen LogP contribution >= 0.6 is 11.6 Å². The van der Waals surface area contributed by atoms with Crippen LogP contribution in [0.15, 0.2) is 48.5 Å². The van der Waals surface area contributed by atoms with E-state index in [1.807, 2.05) is 68.5 Å². The molecular formula is C23H29ClN2O3. The van der Waals surface area contributed by atoms with E-state index in [9.17, 15) is 4.79 Å². The van der Waals surface area contributed by atoms with E-state index in [-0.39, 0.29) is 11.8 Å². The molecule has 0 bridgehead atoms. The quantitative estimate of drug-likeness (QED) is 0.612. The Labute approximate surface area is 177 Å². The normalized spacial score (nSPS) is 12.2. The number of hydrogen-bond donors (Lipinski definition) is 2. The van der Waals surface area contributed by atoms with Crippen LogP contribution in [-0.4, -0.2) is 32.2 Å². The van der Waals surface area contributed by atoms with Gasteiger partial charge in [-0.15, -0.1) is 0 Å². The summed E-state index contributed by atoms with van der Waals surface area (Å²) in [6.07, 6.45) is 4.59. The number of rotatable bonds is 10. The second kappa shape index (κ2) is 11.5. The lowest BCUT2D eigenvalue weighted by atomic mass is 10.0. The van der Waals surface area contributed by atoms with Gasteiger partial charge in [0.15, 0.2) is 11.5 Å². The van der Waals surface area contributed by atoms with Gasteiger partial charge in [0.1, 0.15) is 6.61 Å². The molecule has 0 aliphatic rings. The summed E-state index contributed by atoms with van der Waals surface area (Å²) in [5, 5.41) is 3.59. The maximum Gasteiger partial charge on any atom is 0.237 e. The Morgan fingerprint density at radius 1 is 1.17 bits per heavy atom. The van der Waals surface area contributed by atoms with Crippen LogP contribution in [-0.2, 0) is 11.2 Å². The molecule has 0 fully saturated rings. The highest BCUT2D eigenvalue weighted by molar-refractivity contribution is 6.30. The lowest BCUT2D eigenvalue weighted by Crippen LogP contribution is -2.44. The first-order valence-electron chi connectivity index (χ1n) is 9.66. The zero-order chi connectivity index (χ0) is 21.2. The van der Waals surface area contributed by atoms with Gasteiger partial charge in [-0.25, -0.2) is 0 Å². The molecule has 6 heteroatoms. The van der Waals surface area contributed by atoms with Crippen LogP contribution in [0, 0.1) is 5.92 Å². The number of nitrogens with one attached hydrogen (secondary N) is 1. The fraction of sp³-hybridized carbons (Fsp3) is 0.348. The molecule has 2 aromatic rings. The monoisotopic (exact) mass is 416 g/mol. The van der Waals surface area contributed by atoms with Crippen LogP contribution in [0.2, 0.25) is 5.02 Å². The fourth-order valence-electron chi connectivity index (χ4n) is 2.63. The van der Waals surface area contributed by atoms with Crippen molar-refractivity contribution in [1.29, 1.82) is 0 Å². The van der Waals surface area contributed by atoms with Crippen LogP contribution in [0.5, 0.6) is 11.5 Å². The molecule has 0 aliphatic heterocycles. The summed E-state index contributed by atoms with van der Waals surface area (Å²) >= 11 is 5.88. The third kappa shape index (κ3) is 7.44. The summed E-state index contributed by atoms with van der Waals surface area (Å²) in [6, 6.07) is 12.9. The fourth-order valence-corrected chi connectivity index (χ4v) is 2.76. The minimum Gasteiger partial charge on any atom is -0.493 e. The molecule has 0 saturated heterocycles. The highest BCUT2D eigenvalue weighted by atomic mass is 35.5. The molecule has 2 aromatic carbocycles. The van der Waals surface area contributed by atoms with Crippen molar-refractivity contribution < 1.29 is 14.3 Å². The van der Waals surface area contributed by atoms with E-state index in [2.05, 4.69) is 5.32 Å². The van der Waals surface area contributed by atoms with E-state index >= 15 is 0 Å². The molecule has 5 nitrogen and oxygen atoms in total. The summed E-state index contributed by atoms with van der Waals surface area (Å²) in [5.41, 5.74) is 7.95. The smallest absolute Gasteiger partial charge is 0.237 e. The van der Waals surface area contributed by atoms with Gasteiger partial charge in [0.2, 0.25) is 5.91 Å². The van der Waals surface area contributed by atoms with Gasteiger partial charge in [0, 0.05) is 11.6 Å². The molecule has 0 radical (unpaired) electrons. The van der Waals surface area contributed by atoms with E-state index in [4.69, 9.17) is 26.8 Å². The number of carbonyl (C=O) groups is 1. The minimum absolute atomic E-state index is 0.111. The van der Waals surface area contributed by atoms with Crippen molar-refractivity contribution in [2.45, 2.75) is 26.3 Å². The topological polar surface area (TPSA) is 73.6 Å². The average Bonchev–Trinajstić information content (AvgIpc) is 2.72. The van der Waals surface area contributed by atoms with Crippen molar-refractivity contribution in [1.82, 2.24) is 5.32 Å². The zero-order valence-electron chi connectivity index (χ0n) is 17.2. The third-order valence-corrected chi connectivity index (χ3v) is 4.73. The van der Waals surface area contributed by atoms with Gasteiger partial charge in [-0.05, 0) is 53.8 Å². The van der Waals surface area contributed by atoms with Gasteiger partial charge in [-0.2, -0.15) is 0 Å². The highest BCUT2D eigenvalue weighted by Gasteiger charge is 2.16. The molecule has 29 heavy (non-hydrogen) atoms. The molecule has 1 amide bonds. The highest BCUT2D eigenvalue weighted by Crippen LogP contribution is 2.28. The van der Waals surface area contributed by atoms with E-state index in [1.54, 1.807) is 7.11 Å². The molecule has 0 aliphatic carbocycles. The summed E-state index contributed by atoms with van der Waals surface area (Å²) < 4.78 is 11.2. The second-order valence-corrected chi connectivity index (χ2v) is 7.50. The van der Waals surface area contributed by atoms with Gasteiger partial charge in [-0.1, -0.05) is 49.7 Å². The van der Waals surface area contributed by atoms with Crippen LogP contribution in [0.1, 0.15) is 25.0 Å². The van der Waals surface area contributed by atoms with E-state index in [0.717, 1.165) is 11.1 Å². The molecular weight excluding hydrogens is 388 g/mol. The van der Waals surface area contributed by atoms with Gasteiger partial charge < -0.3 is 20.5 Å². The summed E-state index contributed by atoms with van der Waals surface area (Å²) in [7, 11) is 1.61. The number of benzene rings is 2. The molecule has 3 N–H and O–H groups in total. The molecule has 0 saturated carbocycles. The van der Waals surface area contributed by atoms with Gasteiger partial charge in [0.25, 0.3) is 0 Å². The molecule has 0 unspecified atom stereocenters. The lowest BCUT2D eigenvalue weighted by molar-refractivity contribution is -0.123. The minimum atomic E-state index is -0.485. The van der Waals surface area contributed by atoms with Crippen molar-refractivity contribution in [3.63, 3.8) is 0 Å². The standard InChI is InChI=1S/C23H29ClN2O3/c1-16(2)22(25)23(27)26-13-12-18-8-11-20(21(15-18)28-3)29-14-4-5-17-6-9-19(24)10-7-17/h4-11,15-16,22H,12-14,25H2,1-3H3,(H,26,27)/b5-4-/t22-/m0/s1. The maximum absolute atomic E-state index is 11.9. The van der Waals surface area contributed by atoms with Crippen LogP contribution in [0.25, 0.3) is 6.08 Å². The molecule has 0 aromatic heterocycles. The number of hydrogen-bond acceptors (Lipinski definition) is 4. The Morgan fingerprint density at radius 2 is 1.90 bits per heavy atom. The molecule has 0 spiro atoms. The summed E-state index contributed by atoms with van der Waals surface area (Å²) in [4.78, 5) is 11.9. The number of ether oxygens (including phenoxy) is 2. The van der Waals surface area contributed by atoms with Gasteiger partial charge in [0.05, 0.1) is 13.2 Å². The van der Waals surface area contributed by atoms with Crippen molar-refractivity contribution in [3.8, 4) is 11.5 Å². The predicted molar refractivity (Wildman–Crippen MR) is 119 cm³/mol. The Balaban J connectivity index is 1.86. The number of halogens is 1. The zero-order valence-corrected chi connectivity index (χ0v) is 17.9. The maximum atomic E-state index is 11.9. The SMILES string of the molecule is COc1cc(CCNC(=O)[C@@H](N)C(C)C)ccc1OC/C=C\c1ccc(Cl)cc1. The molecule has 156 valence electrons. The predicted octanol–water partition coefficient (Wildman–Crippen LogP) is 4.08. The Hall–Kier alpha value is -2.50. The average molecular weight is 417 g/mol. The van der Waals surface area contributed by atoms with E-state index in [0.29, 0.717) is 36.1 Å². The Morgan fingerprint density at radius 3 is 2.55 bits per heavy atom. The lowest BCUT2D eigenvalue weighted by Gasteiger charge is -2.15. The van der Waals surface area contributed by atoms with Gasteiger partial charge >= 0.3 is 0 Å². The van der Waals surface area contributed by atoms with Crippen molar-refractivity contribution in [2.24, 2.45) is 11.7 Å². The molecule has 2 rings (SSSR count). The first-order valence-corrected chi connectivity index (χ1v) is 10.0. The Kier molecular flexibility index (Phi) is 9.03. The first-order chi connectivity index (χ1) is 13.9.